The molecule has 2 heteroatoms. The fourth-order valence-corrected chi connectivity index (χ4v) is 3.09. The van der Waals surface area contributed by atoms with Crippen LogP contribution in [0.4, 0.5) is 0 Å². The second kappa shape index (κ2) is 6.98. The van der Waals surface area contributed by atoms with Crippen LogP contribution in [0.15, 0.2) is 18.5 Å². The maximum Gasteiger partial charge on any atom is 0.0220 e. The number of hydrogen-bond acceptors (Lipinski definition) is 1. The van der Waals surface area contributed by atoms with Gasteiger partial charge in [0.25, 0.3) is 0 Å². The van der Waals surface area contributed by atoms with E-state index < -0.39 is 0 Å². The van der Waals surface area contributed by atoms with Crippen LogP contribution in [0.2, 0.25) is 0 Å². The monoisotopic (exact) mass is 248 g/mol. The zero-order chi connectivity index (χ0) is 12.8. The fourth-order valence-electron chi connectivity index (χ4n) is 3.09. The van der Waals surface area contributed by atoms with E-state index in [0.29, 0.717) is 0 Å². The number of nitrogens with one attached hydrogen (secondary N) is 1. The van der Waals surface area contributed by atoms with Gasteiger partial charge in [-0.3, -0.25) is 0 Å². The molecular formula is C16H28N2. The van der Waals surface area contributed by atoms with Crippen LogP contribution in [-0.2, 0) is 13.1 Å². The Morgan fingerprint density at radius 1 is 1.33 bits per heavy atom. The first kappa shape index (κ1) is 13.7. The van der Waals surface area contributed by atoms with Gasteiger partial charge in [0.15, 0.2) is 0 Å². The zero-order valence-electron chi connectivity index (χ0n) is 12.0. The summed E-state index contributed by atoms with van der Waals surface area (Å²) in [5, 5.41) is 3.64. The molecule has 1 aliphatic rings. The first-order valence-electron chi connectivity index (χ1n) is 7.65. The Bertz CT molecular complexity index is 343. The van der Waals surface area contributed by atoms with Crippen LogP contribution in [0.25, 0.3) is 0 Å². The lowest BCUT2D eigenvalue weighted by atomic mass is 9.80. The normalized spacial score (nSPS) is 24.3. The summed E-state index contributed by atoms with van der Waals surface area (Å²) in [6.45, 7) is 8.01. The summed E-state index contributed by atoms with van der Waals surface area (Å²) < 4.78 is 2.29. The van der Waals surface area contributed by atoms with Gasteiger partial charge in [0.2, 0.25) is 0 Å². The smallest absolute Gasteiger partial charge is 0.0220 e. The van der Waals surface area contributed by atoms with E-state index in [0.717, 1.165) is 24.9 Å². The molecule has 1 fully saturated rings. The largest absolute Gasteiger partial charge is 0.354 e. The molecule has 1 aliphatic carbocycles. The first-order valence-corrected chi connectivity index (χ1v) is 7.65. The molecule has 1 N–H and O–H groups in total. The zero-order valence-corrected chi connectivity index (χ0v) is 12.0. The molecule has 0 saturated heterocycles. The van der Waals surface area contributed by atoms with Crippen molar-refractivity contribution in [1.82, 2.24) is 9.88 Å². The minimum Gasteiger partial charge on any atom is -0.354 e. The lowest BCUT2D eigenvalue weighted by Crippen LogP contribution is -2.28. The molecular weight excluding hydrogens is 220 g/mol. The molecule has 0 bridgehead atoms. The van der Waals surface area contributed by atoms with E-state index in [2.05, 4.69) is 42.2 Å². The van der Waals surface area contributed by atoms with E-state index in [4.69, 9.17) is 0 Å². The molecule has 0 aromatic carbocycles. The van der Waals surface area contributed by atoms with Crippen molar-refractivity contribution in [3.8, 4) is 0 Å². The van der Waals surface area contributed by atoms with Gasteiger partial charge in [0.05, 0.1) is 0 Å². The predicted octanol–water partition coefficient (Wildman–Crippen LogP) is 3.81. The van der Waals surface area contributed by atoms with E-state index in [-0.39, 0.29) is 0 Å². The molecule has 0 spiro atoms. The quantitative estimate of drug-likeness (QED) is 0.810. The maximum absolute atomic E-state index is 3.64. The highest BCUT2D eigenvalue weighted by Crippen LogP contribution is 2.28. The number of hydrogen-bond donors (Lipinski definition) is 1. The van der Waals surface area contributed by atoms with Crippen LogP contribution in [0.3, 0.4) is 0 Å². The van der Waals surface area contributed by atoms with Gasteiger partial charge in [-0.25, -0.2) is 0 Å². The van der Waals surface area contributed by atoms with Gasteiger partial charge in [-0.1, -0.05) is 33.1 Å². The average Bonchev–Trinajstić information content (AvgIpc) is 2.80. The summed E-state index contributed by atoms with van der Waals surface area (Å²) in [6.07, 6.45) is 11.4. The molecule has 1 aromatic heterocycles. The summed E-state index contributed by atoms with van der Waals surface area (Å²) in [5.74, 6) is 1.81. The standard InChI is InChI=1S/C16H28N2/c1-3-9-18-10-8-15(13-18)11-17-12-16-7-5-4-6-14(16)2/h8,10,13-14,16-17H,3-7,9,11-12H2,1-2H3. The molecule has 1 aromatic rings. The minimum atomic E-state index is 0.900. The number of aromatic nitrogens is 1. The molecule has 102 valence electrons. The SMILES string of the molecule is CCCn1ccc(CNCC2CCCCC2C)c1. The average molecular weight is 248 g/mol. The van der Waals surface area contributed by atoms with Crippen molar-refractivity contribution >= 4 is 0 Å². The van der Waals surface area contributed by atoms with Crippen molar-refractivity contribution in [2.45, 2.75) is 59.0 Å². The summed E-state index contributed by atoms with van der Waals surface area (Å²) in [7, 11) is 0. The molecule has 0 radical (unpaired) electrons. The van der Waals surface area contributed by atoms with Gasteiger partial charge in [-0.2, -0.15) is 0 Å². The van der Waals surface area contributed by atoms with Gasteiger partial charge < -0.3 is 9.88 Å². The third-order valence-electron chi connectivity index (χ3n) is 4.32. The van der Waals surface area contributed by atoms with Gasteiger partial charge in [-0.15, -0.1) is 0 Å². The molecule has 0 amide bonds. The Kier molecular flexibility index (Phi) is 5.30. The lowest BCUT2D eigenvalue weighted by molar-refractivity contribution is 0.247. The van der Waals surface area contributed by atoms with Gasteiger partial charge in [0, 0.05) is 25.5 Å². The van der Waals surface area contributed by atoms with Crippen molar-refractivity contribution in [2.75, 3.05) is 6.54 Å². The Morgan fingerprint density at radius 3 is 2.94 bits per heavy atom. The highest BCUT2D eigenvalue weighted by atomic mass is 14.9. The third kappa shape index (κ3) is 3.88. The summed E-state index contributed by atoms with van der Waals surface area (Å²) in [5.41, 5.74) is 1.42. The summed E-state index contributed by atoms with van der Waals surface area (Å²) >= 11 is 0. The molecule has 1 saturated carbocycles. The topological polar surface area (TPSA) is 17.0 Å². The molecule has 2 nitrogen and oxygen atoms in total. The lowest BCUT2D eigenvalue weighted by Gasteiger charge is -2.28. The van der Waals surface area contributed by atoms with Crippen molar-refractivity contribution < 1.29 is 0 Å². The third-order valence-corrected chi connectivity index (χ3v) is 4.32. The molecule has 0 aliphatic heterocycles. The van der Waals surface area contributed by atoms with Gasteiger partial charge >= 0.3 is 0 Å². The minimum absolute atomic E-state index is 0.900. The molecule has 18 heavy (non-hydrogen) atoms. The van der Waals surface area contributed by atoms with Crippen molar-refractivity contribution in [2.24, 2.45) is 11.8 Å². The second-order valence-corrected chi connectivity index (χ2v) is 5.91. The van der Waals surface area contributed by atoms with E-state index in [9.17, 15) is 0 Å². The predicted molar refractivity (Wildman–Crippen MR) is 77.6 cm³/mol. The number of rotatable bonds is 6. The van der Waals surface area contributed by atoms with Crippen LogP contribution in [0.1, 0.15) is 51.5 Å². The second-order valence-electron chi connectivity index (χ2n) is 5.91. The Labute approximate surface area is 112 Å². The van der Waals surface area contributed by atoms with Gasteiger partial charge in [0.1, 0.15) is 0 Å². The van der Waals surface area contributed by atoms with Crippen LogP contribution >= 0.6 is 0 Å². The number of aryl methyl sites for hydroxylation is 1. The molecule has 2 unspecified atom stereocenters. The summed E-state index contributed by atoms with van der Waals surface area (Å²) in [6, 6.07) is 2.24. The highest BCUT2D eigenvalue weighted by Gasteiger charge is 2.20. The van der Waals surface area contributed by atoms with Crippen molar-refractivity contribution in [1.29, 1.82) is 0 Å². The Hall–Kier alpha value is -0.760. The van der Waals surface area contributed by atoms with E-state index in [1.54, 1.807) is 0 Å². The highest BCUT2D eigenvalue weighted by molar-refractivity contribution is 5.09. The van der Waals surface area contributed by atoms with E-state index in [1.165, 1.54) is 44.2 Å². The van der Waals surface area contributed by atoms with E-state index in [1.807, 2.05) is 0 Å². The van der Waals surface area contributed by atoms with Crippen LogP contribution in [-0.4, -0.2) is 11.1 Å². The number of nitrogens with zero attached hydrogens (tertiary/aromatic N) is 1. The van der Waals surface area contributed by atoms with Crippen LogP contribution < -0.4 is 5.32 Å². The molecule has 1 heterocycles. The van der Waals surface area contributed by atoms with Crippen LogP contribution in [0, 0.1) is 11.8 Å². The van der Waals surface area contributed by atoms with E-state index >= 15 is 0 Å². The first-order chi connectivity index (χ1) is 8.79. The van der Waals surface area contributed by atoms with Crippen molar-refractivity contribution in [3.63, 3.8) is 0 Å². The van der Waals surface area contributed by atoms with Gasteiger partial charge in [-0.05, 0) is 42.9 Å². The fraction of sp³-hybridized carbons (Fsp3) is 0.750. The molecule has 2 rings (SSSR count). The maximum atomic E-state index is 3.64. The summed E-state index contributed by atoms with van der Waals surface area (Å²) in [4.78, 5) is 0. The Balaban J connectivity index is 1.70. The molecule has 2 atom stereocenters. The Morgan fingerprint density at radius 2 is 2.17 bits per heavy atom. The van der Waals surface area contributed by atoms with Crippen molar-refractivity contribution in [3.05, 3.63) is 24.0 Å². The van der Waals surface area contributed by atoms with Crippen LogP contribution in [0.5, 0.6) is 0 Å².